The van der Waals surface area contributed by atoms with E-state index in [0.717, 1.165) is 11.1 Å². The molecule has 1 unspecified atom stereocenters. The summed E-state index contributed by atoms with van der Waals surface area (Å²) in [5.41, 5.74) is 2.25. The molecule has 0 radical (unpaired) electrons. The third-order valence-electron chi connectivity index (χ3n) is 4.08. The first kappa shape index (κ1) is 17.5. The van der Waals surface area contributed by atoms with Crippen molar-refractivity contribution in [3.63, 3.8) is 0 Å². The van der Waals surface area contributed by atoms with Crippen LogP contribution in [0.5, 0.6) is 0 Å². The summed E-state index contributed by atoms with van der Waals surface area (Å²) in [5, 5.41) is 0. The zero-order valence-electron chi connectivity index (χ0n) is 13.5. The van der Waals surface area contributed by atoms with E-state index in [4.69, 9.17) is 4.74 Å². The van der Waals surface area contributed by atoms with E-state index >= 15 is 0 Å². The van der Waals surface area contributed by atoms with Gasteiger partial charge in [0.1, 0.15) is 0 Å². The van der Waals surface area contributed by atoms with Crippen LogP contribution in [0.2, 0.25) is 0 Å². The molecule has 1 heterocycles. The molecule has 1 aromatic rings. The maximum atomic E-state index is 12.1. The van der Waals surface area contributed by atoms with Gasteiger partial charge in [-0.15, -0.1) is 0 Å². The quantitative estimate of drug-likeness (QED) is 0.768. The van der Waals surface area contributed by atoms with Crippen LogP contribution in [0.3, 0.4) is 0 Å². The highest BCUT2D eigenvalue weighted by Gasteiger charge is 2.32. The van der Waals surface area contributed by atoms with Crippen molar-refractivity contribution in [1.82, 2.24) is 4.90 Å². The third kappa shape index (κ3) is 4.31. The fraction of sp³-hybridized carbons (Fsp3) is 0.500. The van der Waals surface area contributed by atoms with E-state index in [0.29, 0.717) is 12.0 Å². The minimum absolute atomic E-state index is 0.0275. The molecule has 23 heavy (non-hydrogen) atoms. The lowest BCUT2D eigenvalue weighted by Crippen LogP contribution is -2.40. The van der Waals surface area contributed by atoms with Gasteiger partial charge in [0, 0.05) is 13.1 Å². The van der Waals surface area contributed by atoms with Crippen molar-refractivity contribution in [2.24, 2.45) is 0 Å². The highest BCUT2D eigenvalue weighted by Crippen LogP contribution is 2.17. The second-order valence-electron chi connectivity index (χ2n) is 5.96. The molecular formula is C16H21NO5S. The molecule has 1 saturated heterocycles. The monoisotopic (exact) mass is 339 g/mol. The van der Waals surface area contributed by atoms with E-state index in [1.54, 1.807) is 26.1 Å². The number of carbonyl (C=O) groups excluding carboxylic acids is 2. The third-order valence-corrected chi connectivity index (χ3v) is 5.83. The van der Waals surface area contributed by atoms with E-state index in [-0.39, 0.29) is 24.2 Å². The number of likely N-dealkylation sites (N-methyl/N-ethyl adjacent to an activating group) is 1. The number of sulfone groups is 1. The SMILES string of the molecule is Cc1ccc(C(=O)OCC(=O)N(C)C2CCS(=O)(=O)C2)c(C)c1. The summed E-state index contributed by atoms with van der Waals surface area (Å²) in [7, 11) is -1.52. The number of esters is 1. The normalized spacial score (nSPS) is 19.3. The maximum Gasteiger partial charge on any atom is 0.338 e. The molecule has 7 heteroatoms. The Morgan fingerprint density at radius 2 is 2.00 bits per heavy atom. The predicted octanol–water partition coefficient (Wildman–Crippen LogP) is 1.11. The van der Waals surface area contributed by atoms with Crippen LogP contribution >= 0.6 is 0 Å². The average molecular weight is 339 g/mol. The zero-order valence-corrected chi connectivity index (χ0v) is 14.4. The fourth-order valence-electron chi connectivity index (χ4n) is 2.63. The molecule has 0 aliphatic carbocycles. The molecule has 0 aromatic heterocycles. The van der Waals surface area contributed by atoms with E-state index in [1.807, 2.05) is 13.0 Å². The summed E-state index contributed by atoms with van der Waals surface area (Å²) in [5.74, 6) is -0.883. The molecule has 0 bridgehead atoms. The van der Waals surface area contributed by atoms with Gasteiger partial charge in [-0.25, -0.2) is 13.2 Å². The van der Waals surface area contributed by atoms with Gasteiger partial charge in [-0.1, -0.05) is 17.7 Å². The number of hydrogen-bond acceptors (Lipinski definition) is 5. The summed E-state index contributed by atoms with van der Waals surface area (Å²) in [6.45, 7) is 3.34. The molecule has 6 nitrogen and oxygen atoms in total. The highest BCUT2D eigenvalue weighted by molar-refractivity contribution is 7.91. The van der Waals surface area contributed by atoms with Crippen molar-refractivity contribution in [3.05, 3.63) is 34.9 Å². The Hall–Kier alpha value is -1.89. The Morgan fingerprint density at radius 1 is 1.30 bits per heavy atom. The van der Waals surface area contributed by atoms with Gasteiger partial charge >= 0.3 is 5.97 Å². The predicted molar refractivity (Wildman–Crippen MR) is 86.0 cm³/mol. The number of carbonyl (C=O) groups is 2. The Bertz CT molecular complexity index is 726. The first-order valence-electron chi connectivity index (χ1n) is 7.40. The average Bonchev–Trinajstić information content (AvgIpc) is 2.83. The molecule has 1 aromatic carbocycles. The smallest absolute Gasteiger partial charge is 0.338 e. The summed E-state index contributed by atoms with van der Waals surface area (Å²) in [6, 6.07) is 5.01. The van der Waals surface area contributed by atoms with Crippen LogP contribution in [-0.4, -0.2) is 56.4 Å². The van der Waals surface area contributed by atoms with Gasteiger partial charge in [-0.2, -0.15) is 0 Å². The van der Waals surface area contributed by atoms with Crippen molar-refractivity contribution >= 4 is 21.7 Å². The molecule has 1 atom stereocenters. The molecule has 2 rings (SSSR count). The second-order valence-corrected chi connectivity index (χ2v) is 8.18. The molecule has 0 spiro atoms. The molecule has 1 amide bonds. The molecule has 1 fully saturated rings. The zero-order chi connectivity index (χ0) is 17.2. The van der Waals surface area contributed by atoms with Crippen molar-refractivity contribution in [3.8, 4) is 0 Å². The molecular weight excluding hydrogens is 318 g/mol. The highest BCUT2D eigenvalue weighted by atomic mass is 32.2. The number of benzene rings is 1. The first-order chi connectivity index (χ1) is 10.7. The largest absolute Gasteiger partial charge is 0.452 e. The van der Waals surface area contributed by atoms with Gasteiger partial charge in [0.25, 0.3) is 5.91 Å². The van der Waals surface area contributed by atoms with Gasteiger partial charge in [0.05, 0.1) is 17.1 Å². The fourth-order valence-corrected chi connectivity index (χ4v) is 4.41. The number of rotatable bonds is 4. The topological polar surface area (TPSA) is 80.8 Å². The van der Waals surface area contributed by atoms with Crippen LogP contribution in [0.4, 0.5) is 0 Å². The number of hydrogen-bond donors (Lipinski definition) is 0. The number of aryl methyl sites for hydroxylation is 2. The van der Waals surface area contributed by atoms with Crippen molar-refractivity contribution in [1.29, 1.82) is 0 Å². The van der Waals surface area contributed by atoms with Gasteiger partial charge in [0.2, 0.25) is 0 Å². The molecule has 1 aliphatic rings. The lowest BCUT2D eigenvalue weighted by molar-refractivity contribution is -0.134. The van der Waals surface area contributed by atoms with Gasteiger partial charge < -0.3 is 9.64 Å². The second kappa shape index (κ2) is 6.70. The van der Waals surface area contributed by atoms with E-state index in [1.165, 1.54) is 4.90 Å². The Labute approximate surface area is 136 Å². The Kier molecular flexibility index (Phi) is 5.09. The van der Waals surface area contributed by atoms with Crippen LogP contribution in [0, 0.1) is 13.8 Å². The minimum atomic E-state index is -3.06. The molecule has 1 aliphatic heterocycles. The summed E-state index contributed by atoms with van der Waals surface area (Å²) in [4.78, 5) is 25.5. The summed E-state index contributed by atoms with van der Waals surface area (Å²) < 4.78 is 28.0. The summed E-state index contributed by atoms with van der Waals surface area (Å²) in [6.07, 6.45) is 0.426. The van der Waals surface area contributed by atoms with Crippen molar-refractivity contribution in [2.75, 3.05) is 25.2 Å². The van der Waals surface area contributed by atoms with Crippen LogP contribution in [0.15, 0.2) is 18.2 Å². The van der Waals surface area contributed by atoms with Crippen molar-refractivity contribution in [2.45, 2.75) is 26.3 Å². The standard InChI is InChI=1S/C16H21NO5S/c1-11-4-5-14(12(2)8-11)16(19)22-9-15(18)17(3)13-6-7-23(20,21)10-13/h4-5,8,13H,6-7,9-10H2,1-3H3. The number of nitrogens with zero attached hydrogens (tertiary/aromatic N) is 1. The van der Waals surface area contributed by atoms with E-state index in [9.17, 15) is 18.0 Å². The van der Waals surface area contributed by atoms with Gasteiger partial charge in [0.15, 0.2) is 16.4 Å². The van der Waals surface area contributed by atoms with Crippen LogP contribution in [0.25, 0.3) is 0 Å². The first-order valence-corrected chi connectivity index (χ1v) is 9.22. The Balaban J connectivity index is 1.92. The Morgan fingerprint density at radius 3 is 2.57 bits per heavy atom. The molecule has 0 saturated carbocycles. The van der Waals surface area contributed by atoms with Crippen LogP contribution < -0.4 is 0 Å². The number of amides is 1. The van der Waals surface area contributed by atoms with E-state index in [2.05, 4.69) is 0 Å². The number of ether oxygens (including phenoxy) is 1. The maximum absolute atomic E-state index is 12.1. The lowest BCUT2D eigenvalue weighted by atomic mass is 10.1. The molecule has 126 valence electrons. The summed E-state index contributed by atoms with van der Waals surface area (Å²) >= 11 is 0. The van der Waals surface area contributed by atoms with Gasteiger partial charge in [-0.05, 0) is 31.9 Å². The molecule has 0 N–H and O–H groups in total. The van der Waals surface area contributed by atoms with Crippen LogP contribution in [0.1, 0.15) is 27.9 Å². The van der Waals surface area contributed by atoms with Gasteiger partial charge in [-0.3, -0.25) is 4.79 Å². The minimum Gasteiger partial charge on any atom is -0.452 e. The van der Waals surface area contributed by atoms with Crippen molar-refractivity contribution < 1.29 is 22.7 Å². The lowest BCUT2D eigenvalue weighted by Gasteiger charge is -2.23. The van der Waals surface area contributed by atoms with E-state index < -0.39 is 21.7 Å². The van der Waals surface area contributed by atoms with Crippen LogP contribution in [-0.2, 0) is 19.4 Å².